The van der Waals surface area contributed by atoms with E-state index in [0.717, 1.165) is 43.6 Å². The molecule has 0 aliphatic heterocycles. The quantitative estimate of drug-likeness (QED) is 0.854. The standard InChI is InChI=1S/C13H21N5O/c1-8-9(2)17-18-13(15-8)16-12(19)11-5-3-10(7-14)4-6-11/h10-11H,3-7,14H2,1-2H3,(H,15,16,18,19). The van der Waals surface area contributed by atoms with Crippen molar-refractivity contribution in [3.8, 4) is 0 Å². The van der Waals surface area contributed by atoms with Gasteiger partial charge in [-0.1, -0.05) is 0 Å². The molecule has 0 bridgehead atoms. The van der Waals surface area contributed by atoms with Crippen LogP contribution in [0.1, 0.15) is 37.1 Å². The number of carbonyl (C=O) groups excluding carboxylic acids is 1. The molecule has 0 unspecified atom stereocenters. The van der Waals surface area contributed by atoms with Crippen molar-refractivity contribution in [2.75, 3.05) is 11.9 Å². The lowest BCUT2D eigenvalue weighted by atomic mass is 9.81. The molecule has 3 N–H and O–H groups in total. The molecule has 0 spiro atoms. The largest absolute Gasteiger partial charge is 0.330 e. The zero-order chi connectivity index (χ0) is 13.8. The molecule has 19 heavy (non-hydrogen) atoms. The number of aromatic nitrogens is 3. The summed E-state index contributed by atoms with van der Waals surface area (Å²) in [6.07, 6.45) is 3.85. The first kappa shape index (κ1) is 13.9. The molecule has 1 aliphatic rings. The molecular formula is C13H21N5O. The highest BCUT2D eigenvalue weighted by molar-refractivity contribution is 5.90. The van der Waals surface area contributed by atoms with Gasteiger partial charge in [0.25, 0.3) is 0 Å². The Kier molecular flexibility index (Phi) is 4.42. The van der Waals surface area contributed by atoms with Crippen LogP contribution in [0.2, 0.25) is 0 Å². The van der Waals surface area contributed by atoms with E-state index in [1.807, 2.05) is 13.8 Å². The lowest BCUT2D eigenvalue weighted by molar-refractivity contribution is -0.121. The van der Waals surface area contributed by atoms with E-state index in [9.17, 15) is 4.79 Å². The molecule has 6 heteroatoms. The minimum atomic E-state index is 0.000486. The summed E-state index contributed by atoms with van der Waals surface area (Å²) in [6.45, 7) is 4.42. The predicted octanol–water partition coefficient (Wildman–Crippen LogP) is 1.19. The van der Waals surface area contributed by atoms with Crippen molar-refractivity contribution < 1.29 is 4.79 Å². The molecule has 104 valence electrons. The molecule has 1 heterocycles. The minimum absolute atomic E-state index is 0.000486. The Morgan fingerprint density at radius 1 is 1.21 bits per heavy atom. The lowest BCUT2D eigenvalue weighted by Crippen LogP contribution is -2.30. The zero-order valence-corrected chi connectivity index (χ0v) is 11.5. The fraction of sp³-hybridized carbons (Fsp3) is 0.692. The van der Waals surface area contributed by atoms with Crippen LogP contribution >= 0.6 is 0 Å². The van der Waals surface area contributed by atoms with E-state index < -0.39 is 0 Å². The summed E-state index contributed by atoms with van der Waals surface area (Å²) >= 11 is 0. The summed E-state index contributed by atoms with van der Waals surface area (Å²) in [5, 5.41) is 10.6. The number of aryl methyl sites for hydroxylation is 2. The predicted molar refractivity (Wildman–Crippen MR) is 72.4 cm³/mol. The third-order valence-electron chi connectivity index (χ3n) is 3.88. The van der Waals surface area contributed by atoms with Crippen molar-refractivity contribution in [2.45, 2.75) is 39.5 Å². The topological polar surface area (TPSA) is 93.8 Å². The first-order valence-electron chi connectivity index (χ1n) is 6.79. The second-order valence-electron chi connectivity index (χ2n) is 5.25. The van der Waals surface area contributed by atoms with E-state index in [1.165, 1.54) is 0 Å². The fourth-order valence-corrected chi connectivity index (χ4v) is 2.38. The second kappa shape index (κ2) is 6.06. The van der Waals surface area contributed by atoms with E-state index in [2.05, 4.69) is 20.5 Å². The molecule has 1 aliphatic carbocycles. The van der Waals surface area contributed by atoms with Gasteiger partial charge in [-0.05, 0) is 52.0 Å². The Balaban J connectivity index is 1.92. The highest BCUT2D eigenvalue weighted by atomic mass is 16.2. The Morgan fingerprint density at radius 2 is 1.89 bits per heavy atom. The van der Waals surface area contributed by atoms with Gasteiger partial charge in [0.05, 0.1) is 11.4 Å². The molecule has 0 saturated heterocycles. The van der Waals surface area contributed by atoms with Crippen molar-refractivity contribution >= 4 is 11.9 Å². The van der Waals surface area contributed by atoms with Crippen LogP contribution in [0.5, 0.6) is 0 Å². The van der Waals surface area contributed by atoms with Crippen molar-refractivity contribution in [1.29, 1.82) is 0 Å². The number of nitrogens with one attached hydrogen (secondary N) is 1. The summed E-state index contributed by atoms with van der Waals surface area (Å²) in [5.74, 6) is 0.922. The third-order valence-corrected chi connectivity index (χ3v) is 3.88. The molecule has 2 rings (SSSR count). The van der Waals surface area contributed by atoms with Gasteiger partial charge in [-0.25, -0.2) is 4.98 Å². The number of carbonyl (C=O) groups is 1. The van der Waals surface area contributed by atoms with Gasteiger partial charge in [-0.3, -0.25) is 10.1 Å². The zero-order valence-electron chi connectivity index (χ0n) is 11.5. The van der Waals surface area contributed by atoms with Crippen LogP contribution in [0.4, 0.5) is 5.95 Å². The molecule has 1 fully saturated rings. The van der Waals surface area contributed by atoms with Gasteiger partial charge in [0.1, 0.15) is 0 Å². The van der Waals surface area contributed by atoms with E-state index in [4.69, 9.17) is 5.73 Å². The van der Waals surface area contributed by atoms with Crippen molar-refractivity contribution in [1.82, 2.24) is 15.2 Å². The van der Waals surface area contributed by atoms with Gasteiger partial charge in [0.2, 0.25) is 11.9 Å². The Hall–Kier alpha value is -1.56. The van der Waals surface area contributed by atoms with E-state index in [-0.39, 0.29) is 11.8 Å². The van der Waals surface area contributed by atoms with E-state index in [0.29, 0.717) is 11.9 Å². The Bertz CT molecular complexity index is 454. The Labute approximate surface area is 113 Å². The summed E-state index contributed by atoms with van der Waals surface area (Å²) < 4.78 is 0. The molecule has 1 amide bonds. The highest BCUT2D eigenvalue weighted by Gasteiger charge is 2.26. The van der Waals surface area contributed by atoms with Crippen molar-refractivity contribution in [2.24, 2.45) is 17.6 Å². The first-order valence-corrected chi connectivity index (χ1v) is 6.79. The molecule has 0 radical (unpaired) electrons. The number of nitrogens with zero attached hydrogens (tertiary/aromatic N) is 3. The molecule has 1 aromatic heterocycles. The normalized spacial score (nSPS) is 23.1. The van der Waals surface area contributed by atoms with Crippen LogP contribution in [0.25, 0.3) is 0 Å². The molecular weight excluding hydrogens is 242 g/mol. The first-order chi connectivity index (χ1) is 9.10. The van der Waals surface area contributed by atoms with Crippen LogP contribution in [0, 0.1) is 25.7 Å². The molecule has 0 atom stereocenters. The average Bonchev–Trinajstić information content (AvgIpc) is 2.43. The SMILES string of the molecule is Cc1nnc(NC(=O)C2CCC(CN)CC2)nc1C. The minimum Gasteiger partial charge on any atom is -0.330 e. The van der Waals surface area contributed by atoms with Gasteiger partial charge in [0, 0.05) is 5.92 Å². The number of hydrogen-bond acceptors (Lipinski definition) is 5. The summed E-state index contributed by atoms with van der Waals surface area (Å²) in [5.41, 5.74) is 7.22. The number of rotatable bonds is 3. The van der Waals surface area contributed by atoms with Gasteiger partial charge >= 0.3 is 0 Å². The van der Waals surface area contributed by atoms with Crippen molar-refractivity contribution in [3.63, 3.8) is 0 Å². The van der Waals surface area contributed by atoms with Crippen LogP contribution in [0.15, 0.2) is 0 Å². The number of anilines is 1. The number of hydrogen-bond donors (Lipinski definition) is 2. The fourth-order valence-electron chi connectivity index (χ4n) is 2.38. The number of amides is 1. The maximum atomic E-state index is 12.1. The molecule has 0 aromatic carbocycles. The van der Waals surface area contributed by atoms with Gasteiger partial charge in [0.15, 0.2) is 0 Å². The van der Waals surface area contributed by atoms with E-state index >= 15 is 0 Å². The molecule has 6 nitrogen and oxygen atoms in total. The molecule has 1 aromatic rings. The van der Waals surface area contributed by atoms with E-state index in [1.54, 1.807) is 0 Å². The van der Waals surface area contributed by atoms with Gasteiger partial charge in [-0.2, -0.15) is 5.10 Å². The lowest BCUT2D eigenvalue weighted by Gasteiger charge is -2.26. The maximum absolute atomic E-state index is 12.1. The monoisotopic (exact) mass is 263 g/mol. The van der Waals surface area contributed by atoms with Crippen LogP contribution in [-0.2, 0) is 4.79 Å². The van der Waals surface area contributed by atoms with Crippen molar-refractivity contribution in [3.05, 3.63) is 11.4 Å². The smallest absolute Gasteiger partial charge is 0.249 e. The summed E-state index contributed by atoms with van der Waals surface area (Å²) in [6, 6.07) is 0. The molecule has 1 saturated carbocycles. The van der Waals surface area contributed by atoms with Gasteiger partial charge in [-0.15, -0.1) is 5.10 Å². The highest BCUT2D eigenvalue weighted by Crippen LogP contribution is 2.28. The maximum Gasteiger partial charge on any atom is 0.249 e. The second-order valence-corrected chi connectivity index (χ2v) is 5.25. The van der Waals surface area contributed by atoms with Crippen LogP contribution in [0.3, 0.4) is 0 Å². The van der Waals surface area contributed by atoms with Gasteiger partial charge < -0.3 is 5.73 Å². The summed E-state index contributed by atoms with van der Waals surface area (Å²) in [4.78, 5) is 16.3. The average molecular weight is 263 g/mol. The van der Waals surface area contributed by atoms with Crippen LogP contribution < -0.4 is 11.1 Å². The Morgan fingerprint density at radius 3 is 2.47 bits per heavy atom. The third kappa shape index (κ3) is 3.47. The van der Waals surface area contributed by atoms with Crippen LogP contribution in [-0.4, -0.2) is 27.6 Å². The number of nitrogens with two attached hydrogens (primary N) is 1. The summed E-state index contributed by atoms with van der Waals surface area (Å²) in [7, 11) is 0.